The Morgan fingerprint density at radius 3 is 2.55 bits per heavy atom. The maximum absolute atomic E-state index is 5.81. The van der Waals surface area contributed by atoms with Gasteiger partial charge >= 0.3 is 6.01 Å². The van der Waals surface area contributed by atoms with Gasteiger partial charge in [-0.2, -0.15) is 0 Å². The number of rotatable bonds is 6. The lowest BCUT2D eigenvalue weighted by molar-refractivity contribution is 0.431. The molecular weight excluding hydrogens is 250 g/mol. The van der Waals surface area contributed by atoms with Gasteiger partial charge in [-0.15, -0.1) is 0 Å². The van der Waals surface area contributed by atoms with Crippen LogP contribution in [0.5, 0.6) is 11.8 Å². The van der Waals surface area contributed by atoms with E-state index < -0.39 is 0 Å². The van der Waals surface area contributed by atoms with Crippen molar-refractivity contribution in [2.24, 2.45) is 5.73 Å². The Kier molecular flexibility index (Phi) is 5.07. The molecule has 0 spiro atoms. The molecule has 0 saturated carbocycles. The number of hydrogen-bond donors (Lipinski definition) is 1. The van der Waals surface area contributed by atoms with E-state index in [9.17, 15) is 0 Å². The highest BCUT2D eigenvalue weighted by atomic mass is 16.5. The number of para-hydroxylation sites is 1. The first-order valence-corrected chi connectivity index (χ1v) is 7.02. The van der Waals surface area contributed by atoms with Gasteiger partial charge in [-0.1, -0.05) is 32.0 Å². The minimum Gasteiger partial charge on any atom is -0.424 e. The van der Waals surface area contributed by atoms with E-state index in [1.165, 1.54) is 5.56 Å². The number of ether oxygens (including phenoxy) is 1. The Morgan fingerprint density at radius 1 is 1.20 bits per heavy atom. The highest BCUT2D eigenvalue weighted by molar-refractivity contribution is 5.37. The molecule has 0 amide bonds. The van der Waals surface area contributed by atoms with Crippen LogP contribution in [0.2, 0.25) is 0 Å². The highest BCUT2D eigenvalue weighted by Crippen LogP contribution is 2.30. The number of hydrogen-bond acceptors (Lipinski definition) is 4. The van der Waals surface area contributed by atoms with Gasteiger partial charge in [0.15, 0.2) is 0 Å². The molecule has 1 atom stereocenters. The second kappa shape index (κ2) is 7.01. The van der Waals surface area contributed by atoms with Gasteiger partial charge < -0.3 is 10.5 Å². The minimum atomic E-state index is 0.376. The Morgan fingerprint density at radius 2 is 1.90 bits per heavy atom. The van der Waals surface area contributed by atoms with Crippen molar-refractivity contribution in [1.29, 1.82) is 0 Å². The van der Waals surface area contributed by atoms with E-state index >= 15 is 0 Å². The summed E-state index contributed by atoms with van der Waals surface area (Å²) in [5, 5.41) is 0. The van der Waals surface area contributed by atoms with E-state index in [-0.39, 0.29) is 0 Å². The summed E-state index contributed by atoms with van der Waals surface area (Å²) in [6, 6.07) is 8.41. The van der Waals surface area contributed by atoms with Gasteiger partial charge in [0, 0.05) is 12.4 Å². The molecular formula is C16H21N3O. The molecule has 2 aromatic rings. The number of nitrogens with two attached hydrogens (primary N) is 1. The summed E-state index contributed by atoms with van der Waals surface area (Å²) in [7, 11) is 0. The van der Waals surface area contributed by atoms with Crippen LogP contribution in [0.3, 0.4) is 0 Å². The summed E-state index contributed by atoms with van der Waals surface area (Å²) in [5.41, 5.74) is 7.71. The predicted molar refractivity (Wildman–Crippen MR) is 80.0 cm³/mol. The monoisotopic (exact) mass is 271 g/mol. The first kappa shape index (κ1) is 14.5. The fourth-order valence-electron chi connectivity index (χ4n) is 1.99. The van der Waals surface area contributed by atoms with E-state index in [1.54, 1.807) is 12.4 Å². The number of benzene rings is 1. The second-order valence-corrected chi connectivity index (χ2v) is 4.86. The normalized spacial score (nSPS) is 12.2. The van der Waals surface area contributed by atoms with Gasteiger partial charge in [0.25, 0.3) is 0 Å². The first-order chi connectivity index (χ1) is 9.74. The maximum Gasteiger partial charge on any atom is 0.321 e. The molecule has 0 aliphatic heterocycles. The maximum atomic E-state index is 5.81. The SMILES string of the molecule is CCC(C)c1ccccc1Oc1ncc(CCN)cn1. The lowest BCUT2D eigenvalue weighted by Crippen LogP contribution is -2.04. The number of nitrogens with zero attached hydrogens (tertiary/aromatic N) is 2. The molecule has 0 radical (unpaired) electrons. The molecule has 0 bridgehead atoms. The van der Waals surface area contributed by atoms with Crippen LogP contribution in [0, 0.1) is 0 Å². The molecule has 0 aliphatic rings. The Hall–Kier alpha value is -1.94. The fourth-order valence-corrected chi connectivity index (χ4v) is 1.99. The Bertz CT molecular complexity index is 540. The smallest absolute Gasteiger partial charge is 0.321 e. The van der Waals surface area contributed by atoms with Crippen LogP contribution in [0.1, 0.15) is 37.3 Å². The molecule has 2 rings (SSSR count). The highest BCUT2D eigenvalue weighted by Gasteiger charge is 2.11. The van der Waals surface area contributed by atoms with Crippen molar-refractivity contribution in [3.63, 3.8) is 0 Å². The molecule has 20 heavy (non-hydrogen) atoms. The molecule has 1 aromatic carbocycles. The summed E-state index contributed by atoms with van der Waals surface area (Å²) in [5.74, 6) is 1.27. The quantitative estimate of drug-likeness (QED) is 0.875. The van der Waals surface area contributed by atoms with E-state index in [2.05, 4.69) is 29.9 Å². The molecule has 1 aromatic heterocycles. The predicted octanol–water partition coefficient (Wildman–Crippen LogP) is 3.28. The zero-order chi connectivity index (χ0) is 14.4. The summed E-state index contributed by atoms with van der Waals surface area (Å²) in [4.78, 5) is 8.46. The third kappa shape index (κ3) is 3.54. The summed E-state index contributed by atoms with van der Waals surface area (Å²) in [6.07, 6.45) is 5.38. The molecule has 106 valence electrons. The lowest BCUT2D eigenvalue weighted by Gasteiger charge is -2.14. The van der Waals surface area contributed by atoms with E-state index in [0.717, 1.165) is 24.2 Å². The van der Waals surface area contributed by atoms with Gasteiger partial charge in [-0.05, 0) is 42.5 Å². The molecule has 0 aliphatic carbocycles. The summed E-state index contributed by atoms with van der Waals surface area (Å²) < 4.78 is 5.81. The summed E-state index contributed by atoms with van der Waals surface area (Å²) in [6.45, 7) is 4.95. The van der Waals surface area contributed by atoms with Crippen LogP contribution < -0.4 is 10.5 Å². The molecule has 1 heterocycles. The van der Waals surface area contributed by atoms with Gasteiger partial charge in [-0.25, -0.2) is 9.97 Å². The number of aromatic nitrogens is 2. The average Bonchev–Trinajstić information content (AvgIpc) is 2.49. The van der Waals surface area contributed by atoms with Crippen molar-refractivity contribution in [1.82, 2.24) is 9.97 Å². The van der Waals surface area contributed by atoms with Crippen molar-refractivity contribution in [2.75, 3.05) is 6.54 Å². The lowest BCUT2D eigenvalue weighted by atomic mass is 9.98. The fraction of sp³-hybridized carbons (Fsp3) is 0.375. The molecule has 0 saturated heterocycles. The molecule has 0 fully saturated rings. The second-order valence-electron chi connectivity index (χ2n) is 4.86. The van der Waals surface area contributed by atoms with Gasteiger partial charge in [0.2, 0.25) is 0 Å². The largest absolute Gasteiger partial charge is 0.424 e. The van der Waals surface area contributed by atoms with Gasteiger partial charge in [-0.3, -0.25) is 0 Å². The molecule has 1 unspecified atom stereocenters. The minimum absolute atomic E-state index is 0.376. The third-order valence-corrected chi connectivity index (χ3v) is 3.38. The zero-order valence-electron chi connectivity index (χ0n) is 12.0. The van der Waals surface area contributed by atoms with Crippen LogP contribution in [0.15, 0.2) is 36.7 Å². The summed E-state index contributed by atoms with van der Waals surface area (Å²) >= 11 is 0. The first-order valence-electron chi connectivity index (χ1n) is 7.02. The topological polar surface area (TPSA) is 61.0 Å². The van der Waals surface area contributed by atoms with Crippen LogP contribution in [0.4, 0.5) is 0 Å². The van der Waals surface area contributed by atoms with Gasteiger partial charge in [0.05, 0.1) is 0 Å². The molecule has 4 nitrogen and oxygen atoms in total. The van der Waals surface area contributed by atoms with Crippen molar-refractivity contribution >= 4 is 0 Å². The van der Waals surface area contributed by atoms with Crippen molar-refractivity contribution in [2.45, 2.75) is 32.6 Å². The van der Waals surface area contributed by atoms with Crippen molar-refractivity contribution in [3.05, 3.63) is 47.8 Å². The molecule has 2 N–H and O–H groups in total. The standard InChI is InChI=1S/C16H21N3O/c1-3-12(2)14-6-4-5-7-15(14)20-16-18-10-13(8-9-17)11-19-16/h4-7,10-12H,3,8-9,17H2,1-2H3. The van der Waals surface area contributed by atoms with Crippen LogP contribution >= 0.6 is 0 Å². The van der Waals surface area contributed by atoms with E-state index in [0.29, 0.717) is 18.5 Å². The van der Waals surface area contributed by atoms with Crippen molar-refractivity contribution in [3.8, 4) is 11.8 Å². The molecule has 4 heteroatoms. The Balaban J connectivity index is 2.17. The average molecular weight is 271 g/mol. The van der Waals surface area contributed by atoms with Gasteiger partial charge in [0.1, 0.15) is 5.75 Å². The van der Waals surface area contributed by atoms with Crippen LogP contribution in [-0.4, -0.2) is 16.5 Å². The Labute approximate surface area is 120 Å². The zero-order valence-corrected chi connectivity index (χ0v) is 12.0. The third-order valence-electron chi connectivity index (χ3n) is 3.38. The van der Waals surface area contributed by atoms with E-state index in [4.69, 9.17) is 10.5 Å². The van der Waals surface area contributed by atoms with Crippen LogP contribution in [-0.2, 0) is 6.42 Å². The van der Waals surface area contributed by atoms with Crippen LogP contribution in [0.25, 0.3) is 0 Å². The van der Waals surface area contributed by atoms with E-state index in [1.807, 2.05) is 18.2 Å². The van der Waals surface area contributed by atoms with Crippen molar-refractivity contribution < 1.29 is 4.74 Å².